The first-order valence-corrected chi connectivity index (χ1v) is 18.8. The van der Waals surface area contributed by atoms with Gasteiger partial charge in [-0.15, -0.1) is 0 Å². The first kappa shape index (κ1) is 33.3. The van der Waals surface area contributed by atoms with Crippen LogP contribution in [-0.4, -0.2) is 45.7 Å². The average molecular weight is 701 g/mol. The van der Waals surface area contributed by atoms with E-state index in [9.17, 15) is 13.0 Å². The van der Waals surface area contributed by atoms with Gasteiger partial charge >= 0.3 is 0 Å². The molecular weight excluding hydrogens is 661 g/mol. The van der Waals surface area contributed by atoms with Crippen molar-refractivity contribution >= 4 is 10.1 Å². The Kier molecular flexibility index (Phi) is 8.93. The van der Waals surface area contributed by atoms with Gasteiger partial charge in [-0.05, 0) is 54.7 Å². The zero-order chi connectivity index (χ0) is 35.1. The molecule has 0 spiro atoms. The maximum atomic E-state index is 12.0. The van der Waals surface area contributed by atoms with Crippen molar-refractivity contribution in [2.75, 3.05) is 13.2 Å². The lowest BCUT2D eigenvalue weighted by molar-refractivity contribution is 0.0667. The zero-order valence-electron chi connectivity index (χ0n) is 28.8. The lowest BCUT2D eigenvalue weighted by atomic mass is 10.1. The number of aromatic nitrogens is 4. The van der Waals surface area contributed by atoms with E-state index in [1.807, 2.05) is 4.68 Å². The first-order chi connectivity index (χ1) is 24.7. The van der Waals surface area contributed by atoms with Gasteiger partial charge in [0.15, 0.2) is 0 Å². The van der Waals surface area contributed by atoms with Gasteiger partial charge in [-0.3, -0.25) is 13.9 Å². The second kappa shape index (κ2) is 13.7. The molecule has 0 aliphatic heterocycles. The van der Waals surface area contributed by atoms with Gasteiger partial charge in [0.25, 0.3) is 10.1 Å². The Morgan fingerprint density at radius 1 is 0.667 bits per heavy atom. The summed E-state index contributed by atoms with van der Waals surface area (Å²) >= 11 is 0. The molecule has 2 aliphatic carbocycles. The van der Waals surface area contributed by atoms with Crippen molar-refractivity contribution in [3.63, 3.8) is 0 Å². The SMILES string of the molecule is Cc1ccc(Cn2nc(COCCCOCc3nn(Cc4ccc(C)cc4)c4c3Cc3ccc(S(=O)(=O)O)cc3-4)c3c2-c2ccccc2C3)cc1. The summed E-state index contributed by atoms with van der Waals surface area (Å²) in [5, 5.41) is 9.97. The van der Waals surface area contributed by atoms with Crippen molar-refractivity contribution in [3.05, 3.63) is 147 Å². The van der Waals surface area contributed by atoms with Gasteiger partial charge in [0.1, 0.15) is 0 Å². The third kappa shape index (κ3) is 6.80. The highest BCUT2D eigenvalue weighted by molar-refractivity contribution is 7.85. The number of ether oxygens (including phenoxy) is 2. The van der Waals surface area contributed by atoms with Gasteiger partial charge in [-0.2, -0.15) is 18.6 Å². The molecule has 51 heavy (non-hydrogen) atoms. The van der Waals surface area contributed by atoms with Crippen LogP contribution in [0.15, 0.2) is 95.9 Å². The van der Waals surface area contributed by atoms with Crippen molar-refractivity contribution in [2.24, 2.45) is 0 Å². The molecule has 260 valence electrons. The van der Waals surface area contributed by atoms with Crippen molar-refractivity contribution in [2.45, 2.75) is 64.3 Å². The van der Waals surface area contributed by atoms with E-state index >= 15 is 0 Å². The number of benzene rings is 4. The third-order valence-electron chi connectivity index (χ3n) is 9.87. The minimum absolute atomic E-state index is 0.123. The van der Waals surface area contributed by atoms with E-state index in [4.69, 9.17) is 19.7 Å². The maximum absolute atomic E-state index is 12.0. The number of hydrogen-bond donors (Lipinski definition) is 1. The molecule has 2 aliphatic rings. The normalized spacial score (nSPS) is 12.9. The number of fused-ring (bicyclic) bond motifs is 6. The summed E-state index contributed by atoms with van der Waals surface area (Å²) in [6.07, 6.45) is 2.21. The Balaban J connectivity index is 0.916. The predicted octanol–water partition coefficient (Wildman–Crippen LogP) is 7.31. The summed E-state index contributed by atoms with van der Waals surface area (Å²) in [6.45, 7) is 7.21. The molecule has 0 atom stereocenters. The van der Waals surface area contributed by atoms with Crippen LogP contribution >= 0.6 is 0 Å². The average Bonchev–Trinajstić information content (AvgIpc) is 3.86. The van der Waals surface area contributed by atoms with Crippen LogP contribution in [0, 0.1) is 13.8 Å². The highest BCUT2D eigenvalue weighted by Crippen LogP contribution is 2.41. The predicted molar refractivity (Wildman–Crippen MR) is 195 cm³/mol. The number of hydrogen-bond acceptors (Lipinski definition) is 6. The summed E-state index contributed by atoms with van der Waals surface area (Å²) in [5.41, 5.74) is 15.2. The fourth-order valence-electron chi connectivity index (χ4n) is 7.24. The van der Waals surface area contributed by atoms with Crippen LogP contribution in [0.5, 0.6) is 0 Å². The summed E-state index contributed by atoms with van der Waals surface area (Å²) in [7, 11) is -4.34. The molecule has 0 amide bonds. The topological polar surface area (TPSA) is 108 Å². The van der Waals surface area contributed by atoms with E-state index < -0.39 is 10.1 Å². The Bertz CT molecular complexity index is 2340. The molecule has 4 aromatic carbocycles. The monoisotopic (exact) mass is 700 g/mol. The number of aryl methyl sites for hydroxylation is 2. The minimum Gasteiger partial charge on any atom is -0.375 e. The molecule has 0 saturated carbocycles. The first-order valence-electron chi connectivity index (χ1n) is 17.3. The molecule has 6 aromatic rings. The molecule has 2 aromatic heterocycles. The third-order valence-corrected chi connectivity index (χ3v) is 10.7. The zero-order valence-corrected chi connectivity index (χ0v) is 29.6. The van der Waals surface area contributed by atoms with E-state index in [-0.39, 0.29) is 4.90 Å². The van der Waals surface area contributed by atoms with E-state index in [2.05, 4.69) is 91.3 Å². The molecule has 0 radical (unpaired) electrons. The lowest BCUT2D eigenvalue weighted by Crippen LogP contribution is -2.07. The molecular formula is C41H40N4O5S. The van der Waals surface area contributed by atoms with Crippen molar-refractivity contribution in [1.82, 2.24) is 19.6 Å². The Hall–Kier alpha value is -4.87. The molecule has 0 fully saturated rings. The van der Waals surface area contributed by atoms with Gasteiger partial charge in [-0.1, -0.05) is 90.0 Å². The van der Waals surface area contributed by atoms with Crippen molar-refractivity contribution in [3.8, 4) is 22.5 Å². The summed E-state index contributed by atoms with van der Waals surface area (Å²) < 4.78 is 50.0. The highest BCUT2D eigenvalue weighted by Gasteiger charge is 2.30. The van der Waals surface area contributed by atoms with E-state index in [1.54, 1.807) is 12.1 Å². The van der Waals surface area contributed by atoms with Gasteiger partial charge in [0.05, 0.1) is 54.0 Å². The Morgan fingerprint density at radius 2 is 1.18 bits per heavy atom. The van der Waals surface area contributed by atoms with Crippen molar-refractivity contribution in [1.29, 1.82) is 0 Å². The summed E-state index contributed by atoms with van der Waals surface area (Å²) in [4.78, 5) is -0.123. The fourth-order valence-corrected chi connectivity index (χ4v) is 7.75. The molecule has 8 rings (SSSR count). The standard InChI is InChI=1S/C41H40N4O5S/c1-27-8-12-29(13-9-27)23-44-40-34-7-4-3-6-31(34)20-36(40)38(42-44)25-49-18-5-19-50-26-39-37-21-32-16-17-33(51(46,47)48)22-35(32)41(37)45(43-39)24-30-14-10-28(2)11-15-30/h3-4,6-17,22H,5,18-21,23-26H2,1-2H3,(H,46,47,48). The minimum atomic E-state index is -4.34. The lowest BCUT2D eigenvalue weighted by Gasteiger charge is -2.09. The second-order valence-electron chi connectivity index (χ2n) is 13.6. The van der Waals surface area contributed by atoms with Crippen LogP contribution in [0.2, 0.25) is 0 Å². The molecule has 1 N–H and O–H groups in total. The molecule has 9 nitrogen and oxygen atoms in total. The number of rotatable bonds is 13. The van der Waals surface area contributed by atoms with Crippen LogP contribution in [-0.2, 0) is 58.7 Å². The summed E-state index contributed by atoms with van der Waals surface area (Å²) in [5.74, 6) is 0. The van der Waals surface area contributed by atoms with Crippen LogP contribution in [0.4, 0.5) is 0 Å². The largest absolute Gasteiger partial charge is 0.375 e. The van der Waals surface area contributed by atoms with Crippen LogP contribution in [0.1, 0.15) is 62.3 Å². The van der Waals surface area contributed by atoms with Crippen LogP contribution in [0.25, 0.3) is 22.5 Å². The summed E-state index contributed by atoms with van der Waals surface area (Å²) in [6, 6.07) is 30.3. The van der Waals surface area contributed by atoms with Crippen LogP contribution < -0.4 is 0 Å². The molecule has 2 heterocycles. The van der Waals surface area contributed by atoms with Crippen molar-refractivity contribution < 1.29 is 22.4 Å². The van der Waals surface area contributed by atoms with E-state index in [1.165, 1.54) is 45.1 Å². The van der Waals surface area contributed by atoms with E-state index in [0.717, 1.165) is 52.2 Å². The maximum Gasteiger partial charge on any atom is 0.294 e. The highest BCUT2D eigenvalue weighted by atomic mass is 32.2. The Labute approximate surface area is 298 Å². The smallest absolute Gasteiger partial charge is 0.294 e. The van der Waals surface area contributed by atoms with Gasteiger partial charge in [0.2, 0.25) is 0 Å². The molecule has 10 heteroatoms. The molecule has 0 unspecified atom stereocenters. The number of nitrogens with zero attached hydrogens (tertiary/aromatic N) is 4. The quantitative estimate of drug-likeness (QED) is 0.0993. The van der Waals surface area contributed by atoms with Crippen LogP contribution in [0.3, 0.4) is 0 Å². The molecule has 0 saturated heterocycles. The van der Waals surface area contributed by atoms with Gasteiger partial charge < -0.3 is 9.47 Å². The van der Waals surface area contributed by atoms with E-state index in [0.29, 0.717) is 45.9 Å². The van der Waals surface area contributed by atoms with Gasteiger partial charge in [-0.25, -0.2) is 0 Å². The second-order valence-corrected chi connectivity index (χ2v) is 15.0. The molecule has 0 bridgehead atoms. The fraction of sp³-hybridized carbons (Fsp3) is 0.268. The Morgan fingerprint density at radius 3 is 1.73 bits per heavy atom. The van der Waals surface area contributed by atoms with Gasteiger partial charge in [0, 0.05) is 48.3 Å².